The average Bonchev–Trinajstić information content (AvgIpc) is 2.49. The Balaban J connectivity index is 2.11. The van der Waals surface area contributed by atoms with Gasteiger partial charge in [-0.1, -0.05) is 0 Å². The van der Waals surface area contributed by atoms with Crippen LogP contribution in [0.5, 0.6) is 0 Å². The van der Waals surface area contributed by atoms with E-state index in [-0.39, 0.29) is 11.6 Å². The number of hydrogen-bond donors (Lipinski definition) is 1. The predicted molar refractivity (Wildman–Crippen MR) is 54.6 cm³/mol. The van der Waals surface area contributed by atoms with Gasteiger partial charge in [0.05, 0.1) is 5.71 Å². The highest BCUT2D eigenvalue weighted by Gasteiger charge is 2.32. The summed E-state index contributed by atoms with van der Waals surface area (Å²) in [6, 6.07) is 0.390. The van der Waals surface area contributed by atoms with Crippen molar-refractivity contribution in [1.29, 1.82) is 5.41 Å². The highest BCUT2D eigenvalue weighted by atomic mass is 16.2. The van der Waals surface area contributed by atoms with Gasteiger partial charge in [0, 0.05) is 32.2 Å². The van der Waals surface area contributed by atoms with Crippen LogP contribution in [0.4, 0.5) is 0 Å². The fourth-order valence-electron chi connectivity index (χ4n) is 2.37. The molecule has 0 aromatic heterocycles. The van der Waals surface area contributed by atoms with Crippen LogP contribution >= 0.6 is 0 Å². The third-order valence-electron chi connectivity index (χ3n) is 3.24. The summed E-state index contributed by atoms with van der Waals surface area (Å²) < 4.78 is 0. The molecule has 2 bridgehead atoms. The number of carbonyl (C=O) groups excluding carboxylic acids is 1. The van der Waals surface area contributed by atoms with Crippen LogP contribution in [-0.2, 0) is 4.79 Å². The minimum atomic E-state index is -0.0706. The first kappa shape index (κ1) is 9.65. The fourth-order valence-corrected chi connectivity index (χ4v) is 2.37. The molecule has 3 fully saturated rings. The van der Waals surface area contributed by atoms with Gasteiger partial charge in [-0.05, 0) is 19.8 Å². The van der Waals surface area contributed by atoms with E-state index in [4.69, 9.17) is 5.41 Å². The van der Waals surface area contributed by atoms with Gasteiger partial charge in [-0.25, -0.2) is 0 Å². The van der Waals surface area contributed by atoms with Crippen LogP contribution in [0, 0.1) is 5.41 Å². The number of carbonyl (C=O) groups is 1. The van der Waals surface area contributed by atoms with Crippen molar-refractivity contribution in [2.75, 3.05) is 26.2 Å². The van der Waals surface area contributed by atoms with Gasteiger partial charge in [0.1, 0.15) is 0 Å². The zero-order valence-corrected chi connectivity index (χ0v) is 8.62. The van der Waals surface area contributed by atoms with Gasteiger partial charge in [0.15, 0.2) is 0 Å². The summed E-state index contributed by atoms with van der Waals surface area (Å²) in [7, 11) is 0. The van der Waals surface area contributed by atoms with Gasteiger partial charge < -0.3 is 9.80 Å². The summed E-state index contributed by atoms with van der Waals surface area (Å²) >= 11 is 0. The highest BCUT2D eigenvalue weighted by Crippen LogP contribution is 2.20. The summed E-state index contributed by atoms with van der Waals surface area (Å²) in [4.78, 5) is 16.0. The molecule has 0 aromatic rings. The highest BCUT2D eigenvalue weighted by molar-refractivity contribution is 6.36. The van der Waals surface area contributed by atoms with Gasteiger partial charge in [0.2, 0.25) is 0 Å². The molecular weight excluding hydrogens is 178 g/mol. The van der Waals surface area contributed by atoms with E-state index in [1.165, 1.54) is 0 Å². The first-order valence-electron chi connectivity index (χ1n) is 5.27. The Bertz CT molecular complexity index is 256. The molecule has 0 radical (unpaired) electrons. The molecule has 1 amide bonds. The van der Waals surface area contributed by atoms with E-state index >= 15 is 0 Å². The second-order valence-corrected chi connectivity index (χ2v) is 4.20. The minimum absolute atomic E-state index is 0.0706. The standard InChI is InChI=1S/C10H17N3O/c1-8(11)10(14)13-7-6-12-4-2-9(13)3-5-12/h9,11H,2-7H2,1H3. The molecule has 4 heteroatoms. The van der Waals surface area contributed by atoms with Crippen LogP contribution in [0.25, 0.3) is 0 Å². The zero-order valence-electron chi connectivity index (χ0n) is 8.62. The van der Waals surface area contributed by atoms with Crippen molar-refractivity contribution in [2.24, 2.45) is 0 Å². The zero-order chi connectivity index (χ0) is 10.1. The minimum Gasteiger partial charge on any atom is -0.333 e. The summed E-state index contributed by atoms with van der Waals surface area (Å²) in [6.07, 6.45) is 2.16. The fraction of sp³-hybridized carbons (Fsp3) is 0.800. The summed E-state index contributed by atoms with van der Waals surface area (Å²) in [5.41, 5.74) is 0.172. The quantitative estimate of drug-likeness (QED) is 0.613. The lowest BCUT2D eigenvalue weighted by Gasteiger charge is -2.31. The third kappa shape index (κ3) is 1.66. The van der Waals surface area contributed by atoms with Gasteiger partial charge in [-0.3, -0.25) is 10.2 Å². The Labute approximate surface area is 84.4 Å². The van der Waals surface area contributed by atoms with Crippen LogP contribution in [-0.4, -0.2) is 53.6 Å². The molecular formula is C10H17N3O. The lowest BCUT2D eigenvalue weighted by molar-refractivity contribution is -0.126. The van der Waals surface area contributed by atoms with E-state index in [2.05, 4.69) is 4.90 Å². The molecule has 0 aliphatic carbocycles. The molecule has 3 aliphatic rings. The Morgan fingerprint density at radius 3 is 2.43 bits per heavy atom. The number of fused-ring (bicyclic) bond motifs is 4. The third-order valence-corrected chi connectivity index (χ3v) is 3.24. The van der Waals surface area contributed by atoms with Crippen LogP contribution in [0.3, 0.4) is 0 Å². The van der Waals surface area contributed by atoms with E-state index in [0.717, 1.165) is 39.0 Å². The molecule has 0 atom stereocenters. The molecule has 3 heterocycles. The molecule has 78 valence electrons. The van der Waals surface area contributed by atoms with Crippen LogP contribution in [0.2, 0.25) is 0 Å². The molecule has 3 rings (SSSR count). The Morgan fingerprint density at radius 1 is 1.21 bits per heavy atom. The second kappa shape index (κ2) is 3.69. The molecule has 0 unspecified atom stereocenters. The van der Waals surface area contributed by atoms with Crippen molar-refractivity contribution in [3.63, 3.8) is 0 Å². The number of rotatable bonds is 1. The molecule has 3 saturated heterocycles. The van der Waals surface area contributed by atoms with E-state index in [1.807, 2.05) is 4.90 Å². The van der Waals surface area contributed by atoms with Gasteiger partial charge >= 0.3 is 0 Å². The van der Waals surface area contributed by atoms with Crippen molar-refractivity contribution >= 4 is 11.6 Å². The van der Waals surface area contributed by atoms with Crippen LogP contribution in [0.15, 0.2) is 0 Å². The predicted octanol–water partition coefficient (Wildman–Crippen LogP) is 0.333. The summed E-state index contributed by atoms with van der Waals surface area (Å²) in [5, 5.41) is 7.38. The topological polar surface area (TPSA) is 47.4 Å². The monoisotopic (exact) mass is 195 g/mol. The maximum Gasteiger partial charge on any atom is 0.267 e. The van der Waals surface area contributed by atoms with Crippen molar-refractivity contribution < 1.29 is 4.79 Å². The normalized spacial score (nSPS) is 31.4. The van der Waals surface area contributed by atoms with E-state index in [9.17, 15) is 4.79 Å². The van der Waals surface area contributed by atoms with Crippen LogP contribution in [0.1, 0.15) is 19.8 Å². The Kier molecular flexibility index (Phi) is 2.54. The number of nitrogens with one attached hydrogen (secondary N) is 1. The molecule has 3 aliphatic heterocycles. The summed E-state index contributed by atoms with van der Waals surface area (Å²) in [5.74, 6) is -0.0706. The first-order valence-corrected chi connectivity index (χ1v) is 5.27. The van der Waals surface area contributed by atoms with Gasteiger partial charge in [-0.15, -0.1) is 0 Å². The van der Waals surface area contributed by atoms with Crippen molar-refractivity contribution in [3.8, 4) is 0 Å². The van der Waals surface area contributed by atoms with Gasteiger partial charge in [0.25, 0.3) is 5.91 Å². The van der Waals surface area contributed by atoms with Gasteiger partial charge in [-0.2, -0.15) is 0 Å². The number of nitrogens with zero attached hydrogens (tertiary/aromatic N) is 2. The lowest BCUT2D eigenvalue weighted by atomic mass is 10.0. The van der Waals surface area contributed by atoms with E-state index < -0.39 is 0 Å². The maximum atomic E-state index is 11.7. The molecule has 0 aromatic carbocycles. The molecule has 0 spiro atoms. The van der Waals surface area contributed by atoms with Crippen molar-refractivity contribution in [1.82, 2.24) is 9.80 Å². The maximum absolute atomic E-state index is 11.7. The second-order valence-electron chi connectivity index (χ2n) is 4.20. The lowest BCUT2D eigenvalue weighted by Crippen LogP contribution is -2.43. The largest absolute Gasteiger partial charge is 0.333 e. The Hall–Kier alpha value is -0.900. The van der Waals surface area contributed by atoms with E-state index in [1.54, 1.807) is 6.92 Å². The smallest absolute Gasteiger partial charge is 0.267 e. The number of hydrogen-bond acceptors (Lipinski definition) is 3. The van der Waals surface area contributed by atoms with Crippen molar-refractivity contribution in [2.45, 2.75) is 25.8 Å². The molecule has 14 heavy (non-hydrogen) atoms. The number of piperidine rings is 1. The molecule has 1 N–H and O–H groups in total. The molecule has 4 nitrogen and oxygen atoms in total. The van der Waals surface area contributed by atoms with Crippen LogP contribution < -0.4 is 0 Å². The first-order chi connectivity index (χ1) is 6.68. The molecule has 0 saturated carbocycles. The summed E-state index contributed by atoms with van der Waals surface area (Å²) in [6.45, 7) is 5.60. The van der Waals surface area contributed by atoms with E-state index in [0.29, 0.717) is 6.04 Å². The number of amides is 1. The van der Waals surface area contributed by atoms with Crippen molar-refractivity contribution in [3.05, 3.63) is 0 Å². The average molecular weight is 195 g/mol. The Morgan fingerprint density at radius 2 is 1.86 bits per heavy atom. The SMILES string of the molecule is CC(=N)C(=O)N1CCN2CCC1CC2.